The Morgan fingerprint density at radius 2 is 2.04 bits per heavy atom. The van der Waals surface area contributed by atoms with Gasteiger partial charge in [0.15, 0.2) is 0 Å². The molecule has 1 unspecified atom stereocenters. The summed E-state index contributed by atoms with van der Waals surface area (Å²) in [5.74, 6) is -0.0160. The van der Waals surface area contributed by atoms with Crippen LogP contribution < -0.4 is 10.2 Å². The lowest BCUT2D eigenvalue weighted by molar-refractivity contribution is -0.121. The number of ether oxygens (including phenoxy) is 1. The fourth-order valence-corrected chi connectivity index (χ4v) is 3.05. The summed E-state index contributed by atoms with van der Waals surface area (Å²) in [5.41, 5.74) is 2.10. The molecule has 3 rings (SSSR count). The summed E-state index contributed by atoms with van der Waals surface area (Å²) in [4.78, 5) is 14.4. The van der Waals surface area contributed by atoms with Gasteiger partial charge in [-0.3, -0.25) is 4.79 Å². The van der Waals surface area contributed by atoms with Crippen LogP contribution in [0.5, 0.6) is 0 Å². The van der Waals surface area contributed by atoms with Crippen molar-refractivity contribution in [2.45, 2.75) is 12.5 Å². The normalized spacial score (nSPS) is 17.5. The minimum Gasteiger partial charge on any atom is -0.373 e. The number of carbonyl (C=O) groups is 1. The Hall–Kier alpha value is -2.04. The molecule has 0 saturated carbocycles. The monoisotopic (exact) mass is 344 g/mol. The maximum atomic E-state index is 12.1. The molecule has 1 aliphatic heterocycles. The first-order valence-electron chi connectivity index (χ1n) is 8.13. The van der Waals surface area contributed by atoms with E-state index in [9.17, 15) is 4.79 Å². The fraction of sp³-hybridized carbons (Fsp3) is 0.316. The van der Waals surface area contributed by atoms with Crippen molar-refractivity contribution in [3.8, 4) is 0 Å². The highest BCUT2D eigenvalue weighted by atomic mass is 35.5. The fourth-order valence-electron chi connectivity index (χ4n) is 2.84. The Balaban J connectivity index is 1.48. The van der Waals surface area contributed by atoms with Crippen LogP contribution >= 0.6 is 11.6 Å². The van der Waals surface area contributed by atoms with Crippen molar-refractivity contribution in [2.75, 3.05) is 31.1 Å². The summed E-state index contributed by atoms with van der Waals surface area (Å²) in [6, 6.07) is 17.6. The van der Waals surface area contributed by atoms with Crippen molar-refractivity contribution in [3.05, 3.63) is 65.2 Å². The van der Waals surface area contributed by atoms with Gasteiger partial charge in [-0.05, 0) is 29.8 Å². The summed E-state index contributed by atoms with van der Waals surface area (Å²) in [6.45, 7) is 2.84. The van der Waals surface area contributed by atoms with E-state index in [1.807, 2.05) is 36.4 Å². The van der Waals surface area contributed by atoms with Crippen LogP contribution in [0, 0.1) is 0 Å². The molecule has 126 valence electrons. The van der Waals surface area contributed by atoms with Gasteiger partial charge >= 0.3 is 0 Å². The lowest BCUT2D eigenvalue weighted by Crippen LogP contribution is -2.47. The van der Waals surface area contributed by atoms with Crippen LogP contribution in [0.3, 0.4) is 0 Å². The largest absolute Gasteiger partial charge is 0.373 e. The number of hydrogen-bond acceptors (Lipinski definition) is 3. The van der Waals surface area contributed by atoms with E-state index in [1.54, 1.807) is 6.07 Å². The molecule has 24 heavy (non-hydrogen) atoms. The minimum atomic E-state index is -0.0160. The topological polar surface area (TPSA) is 41.6 Å². The molecule has 0 radical (unpaired) electrons. The van der Waals surface area contributed by atoms with Crippen LogP contribution in [0.1, 0.15) is 5.56 Å². The SMILES string of the molecule is O=C(Cc1cccc(Cl)c1)NCC1CN(c2ccccc2)CCO1. The molecule has 0 aromatic heterocycles. The summed E-state index contributed by atoms with van der Waals surface area (Å²) in [7, 11) is 0. The number of morpholine rings is 1. The molecular formula is C19H21ClN2O2. The number of rotatable bonds is 5. The third-order valence-corrected chi connectivity index (χ3v) is 4.28. The lowest BCUT2D eigenvalue weighted by atomic mass is 10.1. The molecule has 1 atom stereocenters. The van der Waals surface area contributed by atoms with Gasteiger partial charge in [0.05, 0.1) is 19.1 Å². The zero-order chi connectivity index (χ0) is 16.8. The molecule has 5 heteroatoms. The van der Waals surface area contributed by atoms with Crippen molar-refractivity contribution in [3.63, 3.8) is 0 Å². The molecule has 0 spiro atoms. The highest BCUT2D eigenvalue weighted by Crippen LogP contribution is 2.17. The number of amides is 1. The van der Waals surface area contributed by atoms with Gasteiger partial charge in [0.2, 0.25) is 5.91 Å². The second-order valence-corrected chi connectivity index (χ2v) is 6.32. The highest BCUT2D eigenvalue weighted by molar-refractivity contribution is 6.30. The van der Waals surface area contributed by atoms with Gasteiger partial charge in [0, 0.05) is 30.3 Å². The number of benzene rings is 2. The molecule has 1 saturated heterocycles. The number of anilines is 1. The Kier molecular flexibility index (Phi) is 5.72. The second-order valence-electron chi connectivity index (χ2n) is 5.89. The first-order valence-corrected chi connectivity index (χ1v) is 8.51. The van der Waals surface area contributed by atoms with E-state index in [1.165, 1.54) is 5.69 Å². The van der Waals surface area contributed by atoms with E-state index in [0.717, 1.165) is 18.7 Å². The predicted molar refractivity (Wildman–Crippen MR) is 96.6 cm³/mol. The van der Waals surface area contributed by atoms with Crippen molar-refractivity contribution >= 4 is 23.2 Å². The molecule has 4 nitrogen and oxygen atoms in total. The average molecular weight is 345 g/mol. The number of nitrogens with zero attached hydrogens (tertiary/aromatic N) is 1. The van der Waals surface area contributed by atoms with Crippen LogP contribution in [-0.4, -0.2) is 38.3 Å². The predicted octanol–water partition coefficient (Wildman–Crippen LogP) is 2.90. The van der Waals surface area contributed by atoms with Gasteiger partial charge < -0.3 is 15.0 Å². The molecule has 2 aromatic carbocycles. The average Bonchev–Trinajstić information content (AvgIpc) is 2.61. The minimum absolute atomic E-state index is 0.00210. The Labute approximate surface area is 147 Å². The van der Waals surface area contributed by atoms with E-state index in [4.69, 9.17) is 16.3 Å². The maximum absolute atomic E-state index is 12.1. The third-order valence-electron chi connectivity index (χ3n) is 4.04. The highest BCUT2D eigenvalue weighted by Gasteiger charge is 2.21. The van der Waals surface area contributed by atoms with Crippen LogP contribution in [-0.2, 0) is 16.0 Å². The summed E-state index contributed by atoms with van der Waals surface area (Å²) >= 11 is 5.94. The molecule has 1 fully saturated rings. The van der Waals surface area contributed by atoms with Crippen molar-refractivity contribution < 1.29 is 9.53 Å². The van der Waals surface area contributed by atoms with Crippen LogP contribution in [0.2, 0.25) is 5.02 Å². The van der Waals surface area contributed by atoms with E-state index < -0.39 is 0 Å². The molecule has 0 aliphatic carbocycles. The van der Waals surface area contributed by atoms with Gasteiger partial charge in [0.25, 0.3) is 0 Å². The standard InChI is InChI=1S/C19H21ClN2O2/c20-16-6-4-5-15(11-16)12-19(23)21-13-18-14-22(9-10-24-18)17-7-2-1-3-8-17/h1-8,11,18H,9-10,12-14H2,(H,21,23). The van der Waals surface area contributed by atoms with E-state index in [-0.39, 0.29) is 12.0 Å². The van der Waals surface area contributed by atoms with Crippen molar-refractivity contribution in [2.24, 2.45) is 0 Å². The summed E-state index contributed by atoms with van der Waals surface area (Å²) in [6.07, 6.45) is 0.331. The molecule has 1 heterocycles. The molecule has 1 N–H and O–H groups in total. The van der Waals surface area contributed by atoms with Gasteiger partial charge in [-0.15, -0.1) is 0 Å². The first-order chi connectivity index (χ1) is 11.7. The van der Waals surface area contributed by atoms with E-state index in [0.29, 0.717) is 24.6 Å². The zero-order valence-electron chi connectivity index (χ0n) is 13.5. The number of hydrogen-bond donors (Lipinski definition) is 1. The molecule has 2 aromatic rings. The molecule has 1 aliphatic rings. The quantitative estimate of drug-likeness (QED) is 0.906. The van der Waals surface area contributed by atoms with E-state index >= 15 is 0 Å². The Bertz CT molecular complexity index is 678. The number of para-hydroxylation sites is 1. The molecular weight excluding hydrogens is 324 g/mol. The van der Waals surface area contributed by atoms with Crippen molar-refractivity contribution in [1.29, 1.82) is 0 Å². The van der Waals surface area contributed by atoms with Crippen LogP contribution in [0.15, 0.2) is 54.6 Å². The Morgan fingerprint density at radius 1 is 1.21 bits per heavy atom. The summed E-state index contributed by atoms with van der Waals surface area (Å²) < 4.78 is 5.77. The molecule has 1 amide bonds. The van der Waals surface area contributed by atoms with E-state index in [2.05, 4.69) is 22.3 Å². The smallest absolute Gasteiger partial charge is 0.224 e. The van der Waals surface area contributed by atoms with Gasteiger partial charge in [0.1, 0.15) is 0 Å². The first kappa shape index (κ1) is 16.8. The van der Waals surface area contributed by atoms with Gasteiger partial charge in [-0.1, -0.05) is 41.9 Å². The van der Waals surface area contributed by atoms with Gasteiger partial charge in [-0.2, -0.15) is 0 Å². The van der Waals surface area contributed by atoms with Crippen LogP contribution in [0.4, 0.5) is 5.69 Å². The Morgan fingerprint density at radius 3 is 2.83 bits per heavy atom. The number of halogens is 1. The third kappa shape index (κ3) is 4.73. The van der Waals surface area contributed by atoms with Crippen LogP contribution in [0.25, 0.3) is 0 Å². The second kappa shape index (κ2) is 8.18. The molecule has 0 bridgehead atoms. The number of carbonyl (C=O) groups excluding carboxylic acids is 1. The maximum Gasteiger partial charge on any atom is 0.224 e. The lowest BCUT2D eigenvalue weighted by Gasteiger charge is -2.34. The summed E-state index contributed by atoms with van der Waals surface area (Å²) in [5, 5.41) is 3.61. The number of nitrogens with one attached hydrogen (secondary N) is 1. The van der Waals surface area contributed by atoms with Crippen molar-refractivity contribution in [1.82, 2.24) is 5.32 Å². The zero-order valence-corrected chi connectivity index (χ0v) is 14.2. The van der Waals surface area contributed by atoms with Gasteiger partial charge in [-0.25, -0.2) is 0 Å².